The SMILES string of the molecule is c1ncc(C[C@@H]2CCCNC2)cn1. The second-order valence-electron chi connectivity index (χ2n) is 3.66. The summed E-state index contributed by atoms with van der Waals surface area (Å²) in [4.78, 5) is 8.04. The van der Waals surface area contributed by atoms with Crippen LogP contribution >= 0.6 is 0 Å². The van der Waals surface area contributed by atoms with Gasteiger partial charge in [-0.05, 0) is 43.8 Å². The molecule has 1 aromatic rings. The van der Waals surface area contributed by atoms with Crippen molar-refractivity contribution in [2.45, 2.75) is 19.3 Å². The predicted octanol–water partition coefficient (Wildman–Crippen LogP) is 1.02. The van der Waals surface area contributed by atoms with Gasteiger partial charge in [0.2, 0.25) is 0 Å². The van der Waals surface area contributed by atoms with Crippen molar-refractivity contribution in [3.05, 3.63) is 24.3 Å². The number of piperidine rings is 1. The molecule has 1 saturated heterocycles. The van der Waals surface area contributed by atoms with Crippen LogP contribution in [0.4, 0.5) is 0 Å². The molecule has 1 N–H and O–H groups in total. The van der Waals surface area contributed by atoms with E-state index in [9.17, 15) is 0 Å². The Morgan fingerprint density at radius 2 is 2.23 bits per heavy atom. The van der Waals surface area contributed by atoms with Crippen LogP contribution in [0.2, 0.25) is 0 Å². The second kappa shape index (κ2) is 4.33. The van der Waals surface area contributed by atoms with Gasteiger partial charge in [-0.2, -0.15) is 0 Å². The summed E-state index contributed by atoms with van der Waals surface area (Å²) in [7, 11) is 0. The fourth-order valence-corrected chi connectivity index (χ4v) is 1.87. The van der Waals surface area contributed by atoms with Crippen molar-refractivity contribution in [2.75, 3.05) is 13.1 Å². The molecule has 70 valence electrons. The molecule has 0 aromatic carbocycles. The summed E-state index contributed by atoms with van der Waals surface area (Å²) in [6, 6.07) is 0. The standard InChI is InChI=1S/C10H15N3/c1-2-9(5-11-3-1)4-10-6-12-8-13-7-10/h6-9,11H,1-5H2/t9-/m0/s1. The molecule has 0 unspecified atom stereocenters. The van der Waals surface area contributed by atoms with Gasteiger partial charge in [0.1, 0.15) is 6.33 Å². The van der Waals surface area contributed by atoms with E-state index in [0.29, 0.717) is 0 Å². The maximum atomic E-state index is 4.02. The van der Waals surface area contributed by atoms with Crippen LogP contribution < -0.4 is 5.32 Å². The van der Waals surface area contributed by atoms with E-state index in [1.165, 1.54) is 24.9 Å². The lowest BCUT2D eigenvalue weighted by Crippen LogP contribution is -2.30. The molecule has 1 aromatic heterocycles. The van der Waals surface area contributed by atoms with Gasteiger partial charge in [0.25, 0.3) is 0 Å². The Bertz CT molecular complexity index is 242. The van der Waals surface area contributed by atoms with Crippen molar-refractivity contribution in [3.63, 3.8) is 0 Å². The van der Waals surface area contributed by atoms with Gasteiger partial charge in [0.15, 0.2) is 0 Å². The third kappa shape index (κ3) is 2.49. The van der Waals surface area contributed by atoms with Gasteiger partial charge in [-0.1, -0.05) is 0 Å². The zero-order chi connectivity index (χ0) is 8.93. The number of hydrogen-bond donors (Lipinski definition) is 1. The molecular formula is C10H15N3. The molecule has 3 nitrogen and oxygen atoms in total. The van der Waals surface area contributed by atoms with Crippen molar-refractivity contribution in [1.82, 2.24) is 15.3 Å². The Labute approximate surface area is 78.6 Å². The minimum absolute atomic E-state index is 0.778. The zero-order valence-electron chi connectivity index (χ0n) is 7.74. The Morgan fingerprint density at radius 1 is 1.38 bits per heavy atom. The number of nitrogens with zero attached hydrogens (tertiary/aromatic N) is 2. The summed E-state index contributed by atoms with van der Waals surface area (Å²) in [6.07, 6.45) is 9.18. The molecule has 1 aliphatic rings. The van der Waals surface area contributed by atoms with Gasteiger partial charge in [-0.25, -0.2) is 9.97 Å². The lowest BCUT2D eigenvalue weighted by molar-refractivity contribution is 0.375. The summed E-state index contributed by atoms with van der Waals surface area (Å²) in [5.74, 6) is 0.778. The third-order valence-electron chi connectivity index (χ3n) is 2.54. The molecule has 3 heteroatoms. The van der Waals surface area contributed by atoms with Gasteiger partial charge < -0.3 is 5.32 Å². The van der Waals surface area contributed by atoms with Crippen molar-refractivity contribution < 1.29 is 0 Å². The van der Waals surface area contributed by atoms with Crippen molar-refractivity contribution in [2.24, 2.45) is 5.92 Å². The largest absolute Gasteiger partial charge is 0.316 e. The van der Waals surface area contributed by atoms with Crippen molar-refractivity contribution >= 4 is 0 Å². The van der Waals surface area contributed by atoms with E-state index in [1.54, 1.807) is 6.33 Å². The van der Waals surface area contributed by atoms with Crippen LogP contribution in [0, 0.1) is 5.92 Å². The normalized spacial score (nSPS) is 22.9. The Balaban J connectivity index is 1.90. The van der Waals surface area contributed by atoms with Crippen molar-refractivity contribution in [3.8, 4) is 0 Å². The molecule has 0 bridgehead atoms. The highest BCUT2D eigenvalue weighted by Crippen LogP contribution is 2.14. The quantitative estimate of drug-likeness (QED) is 0.733. The van der Waals surface area contributed by atoms with Gasteiger partial charge in [-0.15, -0.1) is 0 Å². The number of aromatic nitrogens is 2. The monoisotopic (exact) mass is 177 g/mol. The first kappa shape index (κ1) is 8.63. The van der Waals surface area contributed by atoms with E-state index >= 15 is 0 Å². The fourth-order valence-electron chi connectivity index (χ4n) is 1.87. The molecule has 1 atom stereocenters. The number of nitrogens with one attached hydrogen (secondary N) is 1. The van der Waals surface area contributed by atoms with E-state index in [4.69, 9.17) is 0 Å². The molecule has 1 fully saturated rings. The summed E-state index contributed by atoms with van der Waals surface area (Å²) < 4.78 is 0. The van der Waals surface area contributed by atoms with E-state index < -0.39 is 0 Å². The van der Waals surface area contributed by atoms with Crippen molar-refractivity contribution in [1.29, 1.82) is 0 Å². The maximum absolute atomic E-state index is 4.02. The van der Waals surface area contributed by atoms with Gasteiger partial charge in [0.05, 0.1) is 0 Å². The molecule has 1 aliphatic heterocycles. The van der Waals surface area contributed by atoms with E-state index in [-0.39, 0.29) is 0 Å². The fraction of sp³-hybridized carbons (Fsp3) is 0.600. The summed E-state index contributed by atoms with van der Waals surface area (Å²) in [6.45, 7) is 2.33. The van der Waals surface area contributed by atoms with E-state index in [0.717, 1.165) is 18.9 Å². The Hall–Kier alpha value is -0.960. The Morgan fingerprint density at radius 3 is 2.92 bits per heavy atom. The number of hydrogen-bond acceptors (Lipinski definition) is 3. The second-order valence-corrected chi connectivity index (χ2v) is 3.66. The molecule has 13 heavy (non-hydrogen) atoms. The molecule has 0 aliphatic carbocycles. The first-order chi connectivity index (χ1) is 6.45. The average Bonchev–Trinajstić information content (AvgIpc) is 2.21. The van der Waals surface area contributed by atoms with E-state index in [1.807, 2.05) is 12.4 Å². The van der Waals surface area contributed by atoms with Crippen LogP contribution in [0.5, 0.6) is 0 Å². The first-order valence-electron chi connectivity index (χ1n) is 4.90. The molecular weight excluding hydrogens is 162 g/mol. The van der Waals surface area contributed by atoms with Crippen LogP contribution in [0.25, 0.3) is 0 Å². The molecule has 2 heterocycles. The summed E-state index contributed by atoms with van der Waals surface area (Å²) in [5, 5.41) is 3.41. The van der Waals surface area contributed by atoms with Gasteiger partial charge in [-0.3, -0.25) is 0 Å². The van der Waals surface area contributed by atoms with Crippen LogP contribution in [-0.2, 0) is 6.42 Å². The van der Waals surface area contributed by atoms with E-state index in [2.05, 4.69) is 15.3 Å². The van der Waals surface area contributed by atoms with Crippen LogP contribution in [0.3, 0.4) is 0 Å². The van der Waals surface area contributed by atoms with Crippen LogP contribution in [0.15, 0.2) is 18.7 Å². The average molecular weight is 177 g/mol. The highest BCUT2D eigenvalue weighted by atomic mass is 14.9. The highest BCUT2D eigenvalue weighted by Gasteiger charge is 2.13. The minimum atomic E-state index is 0.778. The lowest BCUT2D eigenvalue weighted by atomic mass is 9.94. The predicted molar refractivity (Wildman–Crippen MR) is 51.3 cm³/mol. The highest BCUT2D eigenvalue weighted by molar-refractivity contribution is 5.03. The first-order valence-corrected chi connectivity index (χ1v) is 4.90. The third-order valence-corrected chi connectivity index (χ3v) is 2.54. The van der Waals surface area contributed by atoms with Crippen LogP contribution in [-0.4, -0.2) is 23.1 Å². The Kier molecular flexibility index (Phi) is 2.87. The zero-order valence-corrected chi connectivity index (χ0v) is 7.74. The summed E-state index contributed by atoms with van der Waals surface area (Å²) in [5.41, 5.74) is 1.26. The molecule has 2 rings (SSSR count). The lowest BCUT2D eigenvalue weighted by Gasteiger charge is -2.22. The maximum Gasteiger partial charge on any atom is 0.115 e. The number of rotatable bonds is 2. The topological polar surface area (TPSA) is 37.8 Å². The van der Waals surface area contributed by atoms with Crippen LogP contribution in [0.1, 0.15) is 18.4 Å². The minimum Gasteiger partial charge on any atom is -0.316 e. The van der Waals surface area contributed by atoms with Gasteiger partial charge in [0, 0.05) is 12.4 Å². The smallest absolute Gasteiger partial charge is 0.115 e. The van der Waals surface area contributed by atoms with Gasteiger partial charge >= 0.3 is 0 Å². The summed E-state index contributed by atoms with van der Waals surface area (Å²) >= 11 is 0. The molecule has 0 saturated carbocycles. The molecule has 0 radical (unpaired) electrons. The molecule has 0 amide bonds. The molecule has 0 spiro atoms.